The fourth-order valence-electron chi connectivity index (χ4n) is 1.91. The quantitative estimate of drug-likeness (QED) is 0.425. The summed E-state index contributed by atoms with van der Waals surface area (Å²) in [4.78, 5) is 0. The zero-order valence-electron chi connectivity index (χ0n) is 8.42. The lowest BCUT2D eigenvalue weighted by atomic mass is 9.77. The Kier molecular flexibility index (Phi) is 3.85. The monoisotopic (exact) mass is 218 g/mol. The molecule has 1 aliphatic carbocycles. The molecule has 0 N–H and O–H groups in total. The first-order chi connectivity index (χ1) is 5.97. The van der Waals surface area contributed by atoms with E-state index in [-0.39, 0.29) is 10.9 Å². The van der Waals surface area contributed by atoms with Gasteiger partial charge in [-0.25, -0.2) is 0 Å². The van der Waals surface area contributed by atoms with Crippen LogP contribution >= 0.6 is 22.1 Å². The standard InChI is InChI=1S/C10H19OPS/c1-7(2)8-4-5-10(3,13)9(6-8)11-12/h8-9,13H,1,4-6,12H2,2-3H3/t8-,9+,10+/m1/s1. The van der Waals surface area contributed by atoms with Crippen molar-refractivity contribution in [2.24, 2.45) is 5.92 Å². The lowest BCUT2D eigenvalue weighted by molar-refractivity contribution is 0.124. The zero-order valence-corrected chi connectivity index (χ0v) is 10.5. The van der Waals surface area contributed by atoms with E-state index < -0.39 is 0 Å². The summed E-state index contributed by atoms with van der Waals surface area (Å²) < 4.78 is 5.41. The van der Waals surface area contributed by atoms with Crippen LogP contribution in [0.1, 0.15) is 33.1 Å². The van der Waals surface area contributed by atoms with E-state index in [1.165, 1.54) is 12.0 Å². The molecule has 0 radical (unpaired) electrons. The Hall–Kier alpha value is 0.480. The molecule has 3 heteroatoms. The van der Waals surface area contributed by atoms with Crippen molar-refractivity contribution in [2.75, 3.05) is 0 Å². The molecule has 76 valence electrons. The SMILES string of the molecule is C=C(C)[C@@H]1CC[C@](C)(S)[C@@H](OP)C1. The highest BCUT2D eigenvalue weighted by atomic mass is 32.1. The Morgan fingerprint density at radius 1 is 1.69 bits per heavy atom. The molecule has 1 nitrogen and oxygen atoms in total. The minimum atomic E-state index is 0.0215. The van der Waals surface area contributed by atoms with Crippen LogP contribution in [0.15, 0.2) is 12.2 Å². The van der Waals surface area contributed by atoms with Crippen molar-refractivity contribution in [3.8, 4) is 0 Å². The van der Waals surface area contributed by atoms with Gasteiger partial charge in [0.1, 0.15) is 0 Å². The summed E-state index contributed by atoms with van der Waals surface area (Å²) in [6.07, 6.45) is 3.59. The van der Waals surface area contributed by atoms with Gasteiger partial charge in [0.25, 0.3) is 0 Å². The normalized spacial score (nSPS) is 40.3. The Morgan fingerprint density at radius 2 is 2.31 bits per heavy atom. The molecule has 0 aromatic rings. The van der Waals surface area contributed by atoms with Gasteiger partial charge in [-0.2, -0.15) is 12.6 Å². The van der Waals surface area contributed by atoms with Crippen LogP contribution in [-0.2, 0) is 4.52 Å². The number of hydrogen-bond donors (Lipinski definition) is 1. The van der Waals surface area contributed by atoms with E-state index in [0.29, 0.717) is 5.92 Å². The summed E-state index contributed by atoms with van der Waals surface area (Å²) in [6, 6.07) is 0. The maximum atomic E-state index is 5.39. The van der Waals surface area contributed by atoms with Gasteiger partial charge in [0.05, 0.1) is 6.10 Å². The molecule has 0 aromatic carbocycles. The molecule has 0 aliphatic heterocycles. The van der Waals surface area contributed by atoms with Crippen molar-refractivity contribution in [1.29, 1.82) is 0 Å². The van der Waals surface area contributed by atoms with Crippen LogP contribution in [0.4, 0.5) is 0 Å². The maximum Gasteiger partial charge on any atom is 0.0757 e. The molecule has 1 aliphatic rings. The number of thiol groups is 1. The van der Waals surface area contributed by atoms with E-state index in [1.54, 1.807) is 0 Å². The highest BCUT2D eigenvalue weighted by Crippen LogP contribution is 2.41. The van der Waals surface area contributed by atoms with Crippen LogP contribution in [0.3, 0.4) is 0 Å². The molecule has 4 atom stereocenters. The van der Waals surface area contributed by atoms with Crippen molar-refractivity contribution >= 4 is 22.1 Å². The van der Waals surface area contributed by atoms with Gasteiger partial charge >= 0.3 is 0 Å². The summed E-state index contributed by atoms with van der Waals surface area (Å²) in [6.45, 7) is 8.26. The minimum absolute atomic E-state index is 0.0215. The third-order valence-corrected chi connectivity index (χ3v) is 3.89. The molecule has 0 amide bonds. The van der Waals surface area contributed by atoms with Gasteiger partial charge in [0.2, 0.25) is 0 Å². The topological polar surface area (TPSA) is 9.23 Å². The van der Waals surface area contributed by atoms with E-state index in [9.17, 15) is 0 Å². The van der Waals surface area contributed by atoms with Crippen molar-refractivity contribution < 1.29 is 4.52 Å². The van der Waals surface area contributed by atoms with Gasteiger partial charge in [-0.15, -0.1) is 0 Å². The average molecular weight is 218 g/mol. The molecule has 0 aromatic heterocycles. The molecule has 1 unspecified atom stereocenters. The number of rotatable bonds is 2. The van der Waals surface area contributed by atoms with E-state index in [1.807, 2.05) is 0 Å². The van der Waals surface area contributed by atoms with Crippen molar-refractivity contribution in [3.05, 3.63) is 12.2 Å². The number of allylic oxidation sites excluding steroid dienone is 1. The fraction of sp³-hybridized carbons (Fsp3) is 0.800. The lowest BCUT2D eigenvalue weighted by Crippen LogP contribution is -2.40. The summed E-state index contributed by atoms with van der Waals surface area (Å²) in [5.41, 5.74) is 1.27. The smallest absolute Gasteiger partial charge is 0.0757 e. The molecule has 13 heavy (non-hydrogen) atoms. The summed E-state index contributed by atoms with van der Waals surface area (Å²) in [5.74, 6) is 0.616. The van der Waals surface area contributed by atoms with Gasteiger partial charge in [0.15, 0.2) is 0 Å². The van der Waals surface area contributed by atoms with Gasteiger partial charge in [-0.1, -0.05) is 12.2 Å². The summed E-state index contributed by atoms with van der Waals surface area (Å²) in [5, 5.41) is 0. The van der Waals surface area contributed by atoms with Crippen molar-refractivity contribution in [3.63, 3.8) is 0 Å². The molecule has 0 saturated heterocycles. The molecule has 0 spiro atoms. The predicted octanol–water partition coefficient (Wildman–Crippen LogP) is 3.23. The number of hydrogen-bond acceptors (Lipinski definition) is 2. The van der Waals surface area contributed by atoms with Crippen molar-refractivity contribution in [2.45, 2.75) is 44.0 Å². The molecule has 0 bridgehead atoms. The second kappa shape index (κ2) is 4.33. The lowest BCUT2D eigenvalue weighted by Gasteiger charge is -2.40. The van der Waals surface area contributed by atoms with Gasteiger partial charge in [0, 0.05) is 14.2 Å². The summed E-state index contributed by atoms with van der Waals surface area (Å²) in [7, 11) is 2.36. The van der Waals surface area contributed by atoms with E-state index in [2.05, 4.69) is 42.5 Å². The molecule has 1 saturated carbocycles. The average Bonchev–Trinajstić information content (AvgIpc) is 2.03. The minimum Gasteiger partial charge on any atom is -0.361 e. The van der Waals surface area contributed by atoms with Crippen LogP contribution in [-0.4, -0.2) is 10.9 Å². The van der Waals surface area contributed by atoms with Gasteiger partial charge in [-0.05, 0) is 39.0 Å². The third-order valence-electron chi connectivity index (χ3n) is 3.05. The molecule has 1 rings (SSSR count). The maximum absolute atomic E-state index is 5.39. The Balaban J connectivity index is 2.63. The fourth-order valence-corrected chi connectivity index (χ4v) is 2.73. The zero-order chi connectivity index (χ0) is 10.1. The van der Waals surface area contributed by atoms with Crippen LogP contribution in [0.5, 0.6) is 0 Å². The largest absolute Gasteiger partial charge is 0.361 e. The second-order valence-corrected chi connectivity index (χ2v) is 5.59. The van der Waals surface area contributed by atoms with Crippen LogP contribution in [0, 0.1) is 5.92 Å². The highest BCUT2D eigenvalue weighted by molar-refractivity contribution is 7.81. The predicted molar refractivity (Wildman–Crippen MR) is 64.1 cm³/mol. The molecule has 0 heterocycles. The van der Waals surface area contributed by atoms with E-state index >= 15 is 0 Å². The third kappa shape index (κ3) is 2.71. The van der Waals surface area contributed by atoms with Crippen LogP contribution in [0.2, 0.25) is 0 Å². The Bertz CT molecular complexity index is 203. The van der Waals surface area contributed by atoms with E-state index in [4.69, 9.17) is 4.52 Å². The van der Waals surface area contributed by atoms with Gasteiger partial charge < -0.3 is 4.52 Å². The Labute approximate surface area is 89.0 Å². The molecule has 1 fully saturated rings. The van der Waals surface area contributed by atoms with E-state index in [0.717, 1.165) is 12.8 Å². The second-order valence-electron chi connectivity index (χ2n) is 4.30. The summed E-state index contributed by atoms with van der Waals surface area (Å²) >= 11 is 4.63. The van der Waals surface area contributed by atoms with Gasteiger partial charge in [-0.3, -0.25) is 0 Å². The first-order valence-corrected chi connectivity index (χ1v) is 5.62. The first-order valence-electron chi connectivity index (χ1n) is 4.70. The van der Waals surface area contributed by atoms with Crippen LogP contribution in [0.25, 0.3) is 0 Å². The highest BCUT2D eigenvalue weighted by Gasteiger charge is 2.37. The Morgan fingerprint density at radius 3 is 2.77 bits per heavy atom. The molecular formula is C10H19OPS. The van der Waals surface area contributed by atoms with Crippen LogP contribution < -0.4 is 0 Å². The van der Waals surface area contributed by atoms with Crippen molar-refractivity contribution in [1.82, 2.24) is 0 Å². The molecular weight excluding hydrogens is 199 g/mol. The first kappa shape index (κ1) is 11.6.